The number of methoxy groups -OCH3 is 1. The van der Waals surface area contributed by atoms with Crippen molar-refractivity contribution in [2.75, 3.05) is 13.7 Å². The molecule has 8 heteroatoms. The Morgan fingerprint density at radius 1 is 1.17 bits per heavy atom. The van der Waals surface area contributed by atoms with Gasteiger partial charge in [-0.05, 0) is 43.7 Å². The van der Waals surface area contributed by atoms with E-state index in [4.69, 9.17) is 4.74 Å². The Morgan fingerprint density at radius 3 is 2.53 bits per heavy atom. The highest BCUT2D eigenvalue weighted by atomic mass is 32.1. The molecule has 0 aliphatic heterocycles. The number of carbonyl (C=O) groups is 3. The molecule has 7 nitrogen and oxygen atoms in total. The average Bonchev–Trinajstić information content (AvgIpc) is 3.37. The molecular weight excluding hydrogens is 404 g/mol. The summed E-state index contributed by atoms with van der Waals surface area (Å²) in [5.41, 5.74) is 3.26. The molecule has 3 rings (SSSR count). The molecule has 0 amide bonds. The van der Waals surface area contributed by atoms with Gasteiger partial charge >= 0.3 is 11.9 Å². The Labute approximate surface area is 177 Å². The van der Waals surface area contributed by atoms with E-state index in [1.807, 2.05) is 23.8 Å². The molecule has 0 aliphatic carbocycles. The Kier molecular flexibility index (Phi) is 6.58. The van der Waals surface area contributed by atoms with E-state index in [0.29, 0.717) is 16.7 Å². The number of Topliss-reactive ketones (excluding diaryl/α,β-unsaturated/α-hetero) is 1. The summed E-state index contributed by atoms with van der Waals surface area (Å²) in [4.78, 5) is 40.2. The van der Waals surface area contributed by atoms with Crippen LogP contribution in [0.15, 0.2) is 48.0 Å². The minimum absolute atomic E-state index is 0.282. The van der Waals surface area contributed by atoms with Crippen LogP contribution in [0.2, 0.25) is 0 Å². The molecule has 0 fully saturated rings. The third-order valence-electron chi connectivity index (χ3n) is 4.43. The zero-order chi connectivity index (χ0) is 21.7. The van der Waals surface area contributed by atoms with E-state index in [9.17, 15) is 14.4 Å². The molecule has 0 bridgehead atoms. The van der Waals surface area contributed by atoms with Crippen LogP contribution in [-0.2, 0) is 14.3 Å². The summed E-state index contributed by atoms with van der Waals surface area (Å²) < 4.78 is 11.6. The lowest BCUT2D eigenvalue weighted by Crippen LogP contribution is -2.13. The zero-order valence-corrected chi connectivity index (χ0v) is 17.6. The van der Waals surface area contributed by atoms with Gasteiger partial charge in [0.05, 0.1) is 12.7 Å². The van der Waals surface area contributed by atoms with E-state index in [0.717, 1.165) is 16.5 Å². The highest BCUT2D eigenvalue weighted by molar-refractivity contribution is 7.12. The maximum Gasteiger partial charge on any atom is 0.337 e. The fourth-order valence-corrected chi connectivity index (χ4v) is 3.69. The van der Waals surface area contributed by atoms with Gasteiger partial charge in [-0.3, -0.25) is 9.36 Å². The summed E-state index contributed by atoms with van der Waals surface area (Å²) in [6.45, 7) is 3.37. The van der Waals surface area contributed by atoms with Crippen molar-refractivity contribution in [3.8, 4) is 5.13 Å². The van der Waals surface area contributed by atoms with Crippen LogP contribution in [0.3, 0.4) is 0 Å². The van der Waals surface area contributed by atoms with Gasteiger partial charge in [0.2, 0.25) is 5.78 Å². The molecule has 0 atom stereocenters. The third kappa shape index (κ3) is 4.72. The lowest BCUT2D eigenvalue weighted by molar-refractivity contribution is -0.136. The molecule has 3 aromatic rings. The van der Waals surface area contributed by atoms with Gasteiger partial charge in [0.25, 0.3) is 0 Å². The van der Waals surface area contributed by atoms with E-state index in [1.165, 1.54) is 24.5 Å². The van der Waals surface area contributed by atoms with Crippen molar-refractivity contribution in [3.63, 3.8) is 0 Å². The second kappa shape index (κ2) is 9.32. The first-order valence-corrected chi connectivity index (χ1v) is 9.94. The lowest BCUT2D eigenvalue weighted by atomic mass is 10.1. The monoisotopic (exact) mass is 424 g/mol. The summed E-state index contributed by atoms with van der Waals surface area (Å²) >= 11 is 1.48. The molecule has 30 heavy (non-hydrogen) atoms. The van der Waals surface area contributed by atoms with Crippen molar-refractivity contribution >= 4 is 35.1 Å². The number of esters is 2. The van der Waals surface area contributed by atoms with Crippen LogP contribution in [0.1, 0.15) is 37.7 Å². The topological polar surface area (TPSA) is 87.5 Å². The fraction of sp³-hybridized carbons (Fsp3) is 0.182. The number of hydrogen-bond donors (Lipinski definition) is 0. The first-order chi connectivity index (χ1) is 14.4. The van der Waals surface area contributed by atoms with Crippen LogP contribution < -0.4 is 0 Å². The molecule has 2 heterocycles. The van der Waals surface area contributed by atoms with Crippen LogP contribution in [0.4, 0.5) is 0 Å². The second-order valence-electron chi connectivity index (χ2n) is 6.41. The van der Waals surface area contributed by atoms with Gasteiger partial charge < -0.3 is 9.47 Å². The molecule has 0 spiro atoms. The summed E-state index contributed by atoms with van der Waals surface area (Å²) in [5, 5.41) is 2.65. The molecule has 0 radical (unpaired) electrons. The maximum atomic E-state index is 12.5. The molecule has 0 aliphatic rings. The second-order valence-corrected chi connectivity index (χ2v) is 7.29. The molecular formula is C22H20N2O5S. The first-order valence-electron chi connectivity index (χ1n) is 9.06. The number of hydrogen-bond acceptors (Lipinski definition) is 7. The van der Waals surface area contributed by atoms with Gasteiger partial charge in [-0.1, -0.05) is 12.1 Å². The largest absolute Gasteiger partial charge is 0.465 e. The van der Waals surface area contributed by atoms with Crippen molar-refractivity contribution in [1.82, 2.24) is 9.55 Å². The van der Waals surface area contributed by atoms with E-state index >= 15 is 0 Å². The van der Waals surface area contributed by atoms with Gasteiger partial charge in [0.15, 0.2) is 11.7 Å². The average molecular weight is 424 g/mol. The van der Waals surface area contributed by atoms with Crippen LogP contribution in [-0.4, -0.2) is 41.0 Å². The van der Waals surface area contributed by atoms with Crippen molar-refractivity contribution in [3.05, 3.63) is 76.1 Å². The van der Waals surface area contributed by atoms with E-state index in [2.05, 4.69) is 9.72 Å². The van der Waals surface area contributed by atoms with Gasteiger partial charge in [0.1, 0.15) is 0 Å². The minimum atomic E-state index is -0.630. The molecule has 1 aromatic carbocycles. The summed E-state index contributed by atoms with van der Waals surface area (Å²) in [6.07, 6.45) is 4.49. The van der Waals surface area contributed by atoms with Crippen molar-refractivity contribution in [2.45, 2.75) is 13.8 Å². The number of thiazole rings is 1. The Hall–Kier alpha value is -3.52. The van der Waals surface area contributed by atoms with E-state index in [1.54, 1.807) is 42.6 Å². The molecule has 0 unspecified atom stereocenters. The van der Waals surface area contributed by atoms with Gasteiger partial charge in [-0.25, -0.2) is 14.6 Å². The van der Waals surface area contributed by atoms with E-state index < -0.39 is 11.9 Å². The fourth-order valence-electron chi connectivity index (χ4n) is 2.94. The molecule has 0 saturated heterocycles. The molecule has 154 valence electrons. The highest BCUT2D eigenvalue weighted by Gasteiger charge is 2.18. The number of carbonyl (C=O) groups excluding carboxylic acids is 3. The van der Waals surface area contributed by atoms with Crippen LogP contribution >= 0.6 is 11.3 Å². The normalized spacial score (nSPS) is 10.9. The Balaban J connectivity index is 1.60. The van der Waals surface area contributed by atoms with Crippen LogP contribution in [0, 0.1) is 13.8 Å². The number of ketones is 1. The van der Waals surface area contributed by atoms with Gasteiger partial charge in [0, 0.05) is 34.6 Å². The molecule has 2 aromatic heterocycles. The zero-order valence-electron chi connectivity index (χ0n) is 16.7. The first kappa shape index (κ1) is 21.2. The summed E-state index contributed by atoms with van der Waals surface area (Å²) in [6, 6.07) is 8.31. The van der Waals surface area contributed by atoms with Crippen LogP contribution in [0.5, 0.6) is 0 Å². The Bertz CT molecular complexity index is 1100. The number of aromatic nitrogens is 2. The lowest BCUT2D eigenvalue weighted by Gasteiger charge is -2.05. The predicted molar refractivity (Wildman–Crippen MR) is 113 cm³/mol. The summed E-state index contributed by atoms with van der Waals surface area (Å²) in [7, 11) is 1.31. The standard InChI is InChI=1S/C22H20N2O5S/c1-14-12-18(15(2)24(14)22-23-10-11-30-22)19(25)13-29-20(26)9-6-16-4-7-17(8-5-16)21(27)28-3/h4-12H,13H2,1-3H3/b9-6+. The van der Waals surface area contributed by atoms with Crippen LogP contribution in [0.25, 0.3) is 11.2 Å². The van der Waals surface area contributed by atoms with Crippen molar-refractivity contribution in [2.24, 2.45) is 0 Å². The summed E-state index contributed by atoms with van der Waals surface area (Å²) in [5.74, 6) is -1.35. The minimum Gasteiger partial charge on any atom is -0.465 e. The SMILES string of the molecule is COC(=O)c1ccc(/C=C/C(=O)OCC(=O)c2cc(C)n(-c3nccs3)c2C)cc1. The van der Waals surface area contributed by atoms with Crippen molar-refractivity contribution < 1.29 is 23.9 Å². The number of rotatable bonds is 7. The highest BCUT2D eigenvalue weighted by Crippen LogP contribution is 2.22. The Morgan fingerprint density at radius 2 is 1.90 bits per heavy atom. The maximum absolute atomic E-state index is 12.5. The predicted octanol–water partition coefficient (Wildman–Crippen LogP) is 3.78. The quantitative estimate of drug-likeness (QED) is 0.326. The number of benzene rings is 1. The number of ether oxygens (including phenoxy) is 2. The smallest absolute Gasteiger partial charge is 0.337 e. The third-order valence-corrected chi connectivity index (χ3v) is 5.19. The van der Waals surface area contributed by atoms with E-state index in [-0.39, 0.29) is 12.4 Å². The van der Waals surface area contributed by atoms with Gasteiger partial charge in [-0.2, -0.15) is 0 Å². The van der Waals surface area contributed by atoms with Gasteiger partial charge in [-0.15, -0.1) is 11.3 Å². The number of nitrogens with zero attached hydrogens (tertiary/aromatic N) is 2. The van der Waals surface area contributed by atoms with Crippen molar-refractivity contribution in [1.29, 1.82) is 0 Å². The number of aryl methyl sites for hydroxylation is 1. The molecule has 0 N–H and O–H groups in total. The molecule has 0 saturated carbocycles.